The maximum absolute atomic E-state index is 9.06. The van der Waals surface area contributed by atoms with Crippen LogP contribution in [0.25, 0.3) is 0 Å². The zero-order valence-corrected chi connectivity index (χ0v) is 9.47. The molecule has 0 radical (unpaired) electrons. The smallest absolute Gasteiger partial charge is 0.123 e. The van der Waals surface area contributed by atoms with E-state index < -0.39 is 0 Å². The number of piperidine rings is 1. The van der Waals surface area contributed by atoms with Crippen molar-refractivity contribution in [2.75, 3.05) is 25.4 Å². The molecule has 0 amide bonds. The molecule has 1 saturated heterocycles. The molecule has 1 aliphatic rings. The van der Waals surface area contributed by atoms with E-state index in [0.29, 0.717) is 18.3 Å². The summed E-state index contributed by atoms with van der Waals surface area (Å²) in [5.74, 6) is 1.07. The highest BCUT2D eigenvalue weighted by Crippen LogP contribution is 2.18. The molecule has 0 spiro atoms. The number of aliphatic hydroxyl groups is 1. The standard InChI is InChI=1S/C12H19N3O/c13-12-2-1-11(7-14-12)8-15-5-3-10(9-16)4-6-15/h1-2,7,10,16H,3-6,8-9H2,(H2,13,14). The van der Waals surface area contributed by atoms with E-state index in [1.807, 2.05) is 18.3 Å². The monoisotopic (exact) mass is 221 g/mol. The van der Waals surface area contributed by atoms with Crippen LogP contribution in [0, 0.1) is 5.92 Å². The summed E-state index contributed by atoms with van der Waals surface area (Å²) in [5.41, 5.74) is 6.75. The van der Waals surface area contributed by atoms with Crippen molar-refractivity contribution in [2.24, 2.45) is 5.92 Å². The van der Waals surface area contributed by atoms with E-state index in [-0.39, 0.29) is 0 Å². The van der Waals surface area contributed by atoms with Gasteiger partial charge in [-0.25, -0.2) is 4.98 Å². The Morgan fingerprint density at radius 3 is 2.69 bits per heavy atom. The lowest BCUT2D eigenvalue weighted by Gasteiger charge is -2.30. The molecule has 0 unspecified atom stereocenters. The number of anilines is 1. The molecular weight excluding hydrogens is 202 g/mol. The number of nitrogen functional groups attached to an aromatic ring is 1. The maximum atomic E-state index is 9.06. The third-order valence-electron chi connectivity index (χ3n) is 3.22. The average Bonchev–Trinajstić information content (AvgIpc) is 2.33. The molecule has 3 N–H and O–H groups in total. The third kappa shape index (κ3) is 2.93. The summed E-state index contributed by atoms with van der Waals surface area (Å²) in [4.78, 5) is 6.49. The molecule has 2 rings (SSSR count). The van der Waals surface area contributed by atoms with Crippen LogP contribution in [-0.4, -0.2) is 34.7 Å². The van der Waals surface area contributed by atoms with Crippen molar-refractivity contribution in [1.29, 1.82) is 0 Å². The van der Waals surface area contributed by atoms with Crippen LogP contribution >= 0.6 is 0 Å². The number of aromatic nitrogens is 1. The van der Waals surface area contributed by atoms with Crippen molar-refractivity contribution >= 4 is 5.82 Å². The molecule has 4 heteroatoms. The van der Waals surface area contributed by atoms with Crippen molar-refractivity contribution in [2.45, 2.75) is 19.4 Å². The zero-order valence-electron chi connectivity index (χ0n) is 9.47. The van der Waals surface area contributed by atoms with E-state index in [1.165, 1.54) is 5.56 Å². The summed E-state index contributed by atoms with van der Waals surface area (Å²) < 4.78 is 0. The second kappa shape index (κ2) is 5.27. The van der Waals surface area contributed by atoms with E-state index in [2.05, 4.69) is 9.88 Å². The van der Waals surface area contributed by atoms with Gasteiger partial charge in [-0.15, -0.1) is 0 Å². The SMILES string of the molecule is Nc1ccc(CN2CCC(CO)CC2)cn1. The number of hydrogen-bond acceptors (Lipinski definition) is 4. The number of nitrogens with two attached hydrogens (primary N) is 1. The third-order valence-corrected chi connectivity index (χ3v) is 3.22. The van der Waals surface area contributed by atoms with Crippen molar-refractivity contribution in [3.63, 3.8) is 0 Å². The number of aliphatic hydroxyl groups excluding tert-OH is 1. The van der Waals surface area contributed by atoms with Crippen LogP contribution in [-0.2, 0) is 6.54 Å². The van der Waals surface area contributed by atoms with Crippen molar-refractivity contribution in [3.8, 4) is 0 Å². The van der Waals surface area contributed by atoms with E-state index in [1.54, 1.807) is 0 Å². The lowest BCUT2D eigenvalue weighted by atomic mass is 9.98. The molecule has 0 aromatic carbocycles. The lowest BCUT2D eigenvalue weighted by Crippen LogP contribution is -2.34. The minimum atomic E-state index is 0.331. The Morgan fingerprint density at radius 2 is 2.12 bits per heavy atom. The van der Waals surface area contributed by atoms with Gasteiger partial charge in [0.15, 0.2) is 0 Å². The second-order valence-corrected chi connectivity index (χ2v) is 4.49. The first-order valence-electron chi connectivity index (χ1n) is 5.81. The normalized spacial score (nSPS) is 18.8. The zero-order chi connectivity index (χ0) is 11.4. The Balaban J connectivity index is 1.84. The maximum Gasteiger partial charge on any atom is 0.123 e. The van der Waals surface area contributed by atoms with Gasteiger partial charge < -0.3 is 10.8 Å². The van der Waals surface area contributed by atoms with E-state index in [0.717, 1.165) is 32.5 Å². The number of hydrogen-bond donors (Lipinski definition) is 2. The summed E-state index contributed by atoms with van der Waals surface area (Å²) in [5, 5.41) is 9.06. The van der Waals surface area contributed by atoms with Crippen molar-refractivity contribution in [3.05, 3.63) is 23.9 Å². The number of rotatable bonds is 3. The van der Waals surface area contributed by atoms with Gasteiger partial charge in [0.2, 0.25) is 0 Å². The summed E-state index contributed by atoms with van der Waals surface area (Å²) in [6.45, 7) is 3.40. The van der Waals surface area contributed by atoms with Gasteiger partial charge in [0.05, 0.1) is 0 Å². The minimum absolute atomic E-state index is 0.331. The first-order chi connectivity index (χ1) is 7.78. The molecule has 0 saturated carbocycles. The molecule has 0 aliphatic carbocycles. The van der Waals surface area contributed by atoms with Crippen LogP contribution in [0.15, 0.2) is 18.3 Å². The van der Waals surface area contributed by atoms with Crippen LogP contribution in [0.1, 0.15) is 18.4 Å². The first kappa shape index (κ1) is 11.4. The Morgan fingerprint density at radius 1 is 1.38 bits per heavy atom. The van der Waals surface area contributed by atoms with Crippen LogP contribution < -0.4 is 5.73 Å². The highest BCUT2D eigenvalue weighted by Gasteiger charge is 2.18. The fourth-order valence-electron chi connectivity index (χ4n) is 2.11. The molecule has 1 aromatic rings. The van der Waals surface area contributed by atoms with Crippen molar-refractivity contribution in [1.82, 2.24) is 9.88 Å². The van der Waals surface area contributed by atoms with Gasteiger partial charge in [-0.3, -0.25) is 4.90 Å². The Bertz CT molecular complexity index is 318. The Labute approximate surface area is 96.1 Å². The largest absolute Gasteiger partial charge is 0.396 e. The highest BCUT2D eigenvalue weighted by atomic mass is 16.3. The van der Waals surface area contributed by atoms with Crippen LogP contribution in [0.2, 0.25) is 0 Å². The van der Waals surface area contributed by atoms with Gasteiger partial charge in [-0.05, 0) is 43.5 Å². The average molecular weight is 221 g/mol. The number of nitrogens with zero attached hydrogens (tertiary/aromatic N) is 2. The van der Waals surface area contributed by atoms with E-state index >= 15 is 0 Å². The fraction of sp³-hybridized carbons (Fsp3) is 0.583. The molecule has 88 valence electrons. The fourth-order valence-corrected chi connectivity index (χ4v) is 2.11. The minimum Gasteiger partial charge on any atom is -0.396 e. The van der Waals surface area contributed by atoms with Gasteiger partial charge in [0.1, 0.15) is 5.82 Å². The molecule has 4 nitrogen and oxygen atoms in total. The molecule has 1 aliphatic heterocycles. The quantitative estimate of drug-likeness (QED) is 0.795. The first-order valence-corrected chi connectivity index (χ1v) is 5.81. The Hall–Kier alpha value is -1.13. The highest BCUT2D eigenvalue weighted by molar-refractivity contribution is 5.29. The van der Waals surface area contributed by atoms with Gasteiger partial charge >= 0.3 is 0 Å². The van der Waals surface area contributed by atoms with Gasteiger partial charge in [0, 0.05) is 19.3 Å². The molecule has 16 heavy (non-hydrogen) atoms. The summed E-state index contributed by atoms with van der Waals surface area (Å²) in [6.07, 6.45) is 4.03. The topological polar surface area (TPSA) is 62.4 Å². The Kier molecular flexibility index (Phi) is 3.74. The van der Waals surface area contributed by atoms with Crippen LogP contribution in [0.5, 0.6) is 0 Å². The molecule has 2 heterocycles. The van der Waals surface area contributed by atoms with Crippen molar-refractivity contribution < 1.29 is 5.11 Å². The van der Waals surface area contributed by atoms with Gasteiger partial charge in [0.25, 0.3) is 0 Å². The second-order valence-electron chi connectivity index (χ2n) is 4.49. The van der Waals surface area contributed by atoms with Gasteiger partial charge in [-0.2, -0.15) is 0 Å². The predicted octanol–water partition coefficient (Wildman–Crippen LogP) is 0.868. The number of likely N-dealkylation sites (tertiary alicyclic amines) is 1. The predicted molar refractivity (Wildman–Crippen MR) is 63.7 cm³/mol. The van der Waals surface area contributed by atoms with E-state index in [9.17, 15) is 0 Å². The summed E-state index contributed by atoms with van der Waals surface area (Å²) >= 11 is 0. The van der Waals surface area contributed by atoms with Gasteiger partial charge in [-0.1, -0.05) is 6.07 Å². The molecule has 1 fully saturated rings. The summed E-state index contributed by atoms with van der Waals surface area (Å²) in [7, 11) is 0. The number of pyridine rings is 1. The molecule has 0 atom stereocenters. The van der Waals surface area contributed by atoms with Crippen LogP contribution in [0.4, 0.5) is 5.82 Å². The molecule has 0 bridgehead atoms. The molecular formula is C12H19N3O. The van der Waals surface area contributed by atoms with E-state index in [4.69, 9.17) is 10.8 Å². The summed E-state index contributed by atoms with van der Waals surface area (Å²) in [6, 6.07) is 3.87. The van der Waals surface area contributed by atoms with Crippen LogP contribution in [0.3, 0.4) is 0 Å². The molecule has 1 aromatic heterocycles. The lowest BCUT2D eigenvalue weighted by molar-refractivity contribution is 0.127.